The third-order valence-corrected chi connectivity index (χ3v) is 10.1. The van der Waals surface area contributed by atoms with Crippen LogP contribution in [-0.4, -0.2) is 23.9 Å². The maximum Gasteiger partial charge on any atom is 1.00 e. The summed E-state index contributed by atoms with van der Waals surface area (Å²) in [6.07, 6.45) is 11.4. The second-order valence-electron chi connectivity index (χ2n) is 14.9. The van der Waals surface area contributed by atoms with Gasteiger partial charge in [-0.3, -0.25) is 9.59 Å². The monoisotopic (exact) mass is 689 g/mol. The second-order valence-corrected chi connectivity index (χ2v) is 14.9. The molecule has 7 nitrogen and oxygen atoms in total. The molecule has 3 aromatic rings. The van der Waals surface area contributed by atoms with Crippen molar-refractivity contribution in [3.63, 3.8) is 0 Å². The first kappa shape index (κ1) is 39.7. The van der Waals surface area contributed by atoms with Crippen LogP contribution < -0.4 is 44.7 Å². The van der Waals surface area contributed by atoms with E-state index in [1.165, 1.54) is 38.5 Å². The van der Waals surface area contributed by atoms with Crippen LogP contribution in [0.4, 0.5) is 5.69 Å². The van der Waals surface area contributed by atoms with Crippen molar-refractivity contribution in [2.75, 3.05) is 5.32 Å². The van der Waals surface area contributed by atoms with Gasteiger partial charge >= 0.3 is 35.5 Å². The summed E-state index contributed by atoms with van der Waals surface area (Å²) in [7, 11) is 0. The van der Waals surface area contributed by atoms with Gasteiger partial charge in [-0.15, -0.1) is 0 Å². The number of para-hydroxylation sites is 2. The number of nitrogens with one attached hydrogen (secondary N) is 1. The average molecular weight is 690 g/mol. The first-order chi connectivity index (χ1) is 23.6. The number of carboxylic acid groups (broad SMARTS) is 1. The molecule has 3 aromatic carbocycles. The number of aliphatic carboxylic acids is 1. The zero-order valence-electron chi connectivity index (χ0n) is 30.4. The minimum Gasteiger partial charge on any atom is -0.550 e. The van der Waals surface area contributed by atoms with Crippen molar-refractivity contribution >= 4 is 23.5 Å². The van der Waals surface area contributed by atoms with Crippen molar-refractivity contribution in [1.29, 1.82) is 0 Å². The van der Waals surface area contributed by atoms with Crippen molar-refractivity contribution in [3.05, 3.63) is 89.0 Å². The average Bonchev–Trinajstić information content (AvgIpc) is 3.08. The van der Waals surface area contributed by atoms with E-state index in [2.05, 4.69) is 44.3 Å². The molecule has 1 aliphatic carbocycles. The van der Waals surface area contributed by atoms with Gasteiger partial charge in [0.15, 0.2) is 0 Å². The number of anilines is 1. The molecule has 1 aliphatic heterocycles. The molecule has 0 saturated heterocycles. The summed E-state index contributed by atoms with van der Waals surface area (Å²) in [5.41, 5.74) is 4.68. The zero-order chi connectivity index (χ0) is 34.8. The maximum absolute atomic E-state index is 13.8. The third kappa shape index (κ3) is 11.4. The maximum atomic E-state index is 13.8. The molecule has 1 N–H and O–H groups in total. The number of unbranched alkanes of at least 4 members (excludes halogenated alkanes) is 1. The fourth-order valence-electron chi connectivity index (χ4n) is 7.44. The summed E-state index contributed by atoms with van der Waals surface area (Å²) < 4.78 is 12.0. The normalized spacial score (nSPS) is 15.1. The van der Waals surface area contributed by atoms with Gasteiger partial charge in [0, 0.05) is 35.1 Å². The van der Waals surface area contributed by atoms with E-state index in [1.807, 2.05) is 48.5 Å². The summed E-state index contributed by atoms with van der Waals surface area (Å²) in [6.45, 7) is 6.41. The first-order valence-electron chi connectivity index (χ1n) is 18.2. The first-order valence-corrected chi connectivity index (χ1v) is 18.2. The quantitative estimate of drug-likeness (QED) is 0.124. The van der Waals surface area contributed by atoms with Crippen LogP contribution in [0, 0.1) is 5.92 Å². The number of hydrogen-bond acceptors (Lipinski definition) is 6. The summed E-state index contributed by atoms with van der Waals surface area (Å²) in [6, 6.07) is 22.0. The van der Waals surface area contributed by atoms with Gasteiger partial charge in [-0.25, -0.2) is 0 Å². The number of aryl methyl sites for hydroxylation is 1. The van der Waals surface area contributed by atoms with E-state index >= 15 is 0 Å². The van der Waals surface area contributed by atoms with Gasteiger partial charge in [0.2, 0.25) is 5.91 Å². The number of hydrogen-bond donors (Lipinski definition) is 1. The standard InChI is InChI=1S/C42H53NO6.Na/c1-42(2,3)35-24-22-30(21-23-31(48-41(47)26-25-40(45)46)16-8-7-15-29-13-5-4-6-14-29)27-36(35)43-39(44)28-34-32-17-9-11-19-37(32)49-38-20-12-10-18-33(34)38;/h9-12,17-20,22,24,27,29,31,34H,4-8,13-16,21,23,25-26,28H2,1-3H3,(H,43,44)(H,45,46);/q;+1/p-1/t31-;/m0./s1. The number of carbonyl (C=O) groups excluding carboxylic acids is 3. The Morgan fingerprint density at radius 3 is 2.18 bits per heavy atom. The molecule has 1 amide bonds. The van der Waals surface area contributed by atoms with Crippen LogP contribution in [0.25, 0.3) is 0 Å². The SMILES string of the molecule is CC(C)(C)c1ccc(CC[C@H](CCCCC2CCCCC2)OC(=O)CCC(=O)[O-])cc1NC(=O)CC1c2ccccc2Oc2ccccc21.[Na+]. The van der Waals surface area contributed by atoms with E-state index in [0.717, 1.165) is 64.6 Å². The summed E-state index contributed by atoms with van der Waals surface area (Å²) >= 11 is 0. The molecule has 0 spiro atoms. The Morgan fingerprint density at radius 2 is 1.54 bits per heavy atom. The molecule has 0 aromatic heterocycles. The minimum atomic E-state index is -1.25. The van der Waals surface area contributed by atoms with E-state index < -0.39 is 11.9 Å². The predicted molar refractivity (Wildman–Crippen MR) is 191 cm³/mol. The van der Waals surface area contributed by atoms with Crippen LogP contribution in [0.5, 0.6) is 11.5 Å². The fourth-order valence-corrected chi connectivity index (χ4v) is 7.44. The Labute approximate surface area is 320 Å². The van der Waals surface area contributed by atoms with E-state index in [0.29, 0.717) is 12.8 Å². The number of ether oxygens (including phenoxy) is 2. The van der Waals surface area contributed by atoms with Gasteiger partial charge in [0.05, 0.1) is 6.42 Å². The number of rotatable bonds is 15. The molecule has 1 saturated carbocycles. The number of carboxylic acids is 1. The van der Waals surface area contributed by atoms with Crippen LogP contribution in [-0.2, 0) is 31.0 Å². The molecule has 8 heteroatoms. The zero-order valence-corrected chi connectivity index (χ0v) is 32.4. The molecule has 0 unspecified atom stereocenters. The Hall–Kier alpha value is -3.13. The Kier molecular flexibility index (Phi) is 15.0. The molecule has 1 fully saturated rings. The molecular weight excluding hydrogens is 637 g/mol. The smallest absolute Gasteiger partial charge is 0.550 e. The summed E-state index contributed by atoms with van der Waals surface area (Å²) in [5.74, 6) is 0.419. The van der Waals surface area contributed by atoms with Crippen LogP contribution in [0.1, 0.15) is 132 Å². The van der Waals surface area contributed by atoms with E-state index in [4.69, 9.17) is 9.47 Å². The van der Waals surface area contributed by atoms with Gasteiger partial charge in [0.1, 0.15) is 17.6 Å². The number of fused-ring (bicyclic) bond motifs is 2. The largest absolute Gasteiger partial charge is 1.00 e. The Bertz CT molecular complexity index is 1550. The Morgan fingerprint density at radius 1 is 0.880 bits per heavy atom. The molecule has 1 heterocycles. The van der Waals surface area contributed by atoms with Crippen molar-refractivity contribution in [2.45, 2.75) is 128 Å². The molecule has 5 rings (SSSR count). The van der Waals surface area contributed by atoms with Crippen LogP contribution in [0.15, 0.2) is 66.7 Å². The molecule has 50 heavy (non-hydrogen) atoms. The van der Waals surface area contributed by atoms with Gasteiger partial charge in [-0.2, -0.15) is 0 Å². The number of carbonyl (C=O) groups is 3. The molecule has 0 radical (unpaired) electrons. The van der Waals surface area contributed by atoms with E-state index in [1.54, 1.807) is 0 Å². The Balaban J connectivity index is 0.00000562. The molecule has 262 valence electrons. The molecule has 0 bridgehead atoms. The van der Waals surface area contributed by atoms with Gasteiger partial charge < -0.3 is 24.7 Å². The third-order valence-electron chi connectivity index (χ3n) is 10.1. The summed E-state index contributed by atoms with van der Waals surface area (Å²) in [4.78, 5) is 37.3. The fraction of sp³-hybridized carbons (Fsp3) is 0.500. The molecule has 1 atom stereocenters. The van der Waals surface area contributed by atoms with Crippen molar-refractivity contribution in [2.24, 2.45) is 5.92 Å². The predicted octanol–water partition coefficient (Wildman–Crippen LogP) is 5.77. The van der Waals surface area contributed by atoms with Gasteiger partial charge in [-0.05, 0) is 72.8 Å². The molecule has 2 aliphatic rings. The van der Waals surface area contributed by atoms with Crippen molar-refractivity contribution in [3.8, 4) is 11.5 Å². The van der Waals surface area contributed by atoms with Crippen molar-refractivity contribution in [1.82, 2.24) is 0 Å². The minimum absolute atomic E-state index is 0. The van der Waals surface area contributed by atoms with Crippen LogP contribution in [0.2, 0.25) is 0 Å². The number of benzene rings is 3. The topological polar surface area (TPSA) is 105 Å². The van der Waals surface area contributed by atoms with E-state index in [-0.39, 0.29) is 72.2 Å². The molecular formula is C42H52NNaO6. The van der Waals surface area contributed by atoms with E-state index in [9.17, 15) is 19.5 Å². The number of esters is 1. The van der Waals surface area contributed by atoms with Crippen LogP contribution >= 0.6 is 0 Å². The van der Waals surface area contributed by atoms with Crippen LogP contribution in [0.3, 0.4) is 0 Å². The summed E-state index contributed by atoms with van der Waals surface area (Å²) in [5, 5.41) is 14.2. The van der Waals surface area contributed by atoms with Gasteiger partial charge in [-0.1, -0.05) is 114 Å². The van der Waals surface area contributed by atoms with Gasteiger partial charge in [0.25, 0.3) is 0 Å². The number of amides is 1. The second kappa shape index (κ2) is 18.9. The van der Waals surface area contributed by atoms with Crippen molar-refractivity contribution < 1.29 is 58.5 Å².